The number of carbonyl (C=O) groups excluding carboxylic acids is 1. The number of pyridine rings is 1. The van der Waals surface area contributed by atoms with Crippen LogP contribution < -0.4 is 0 Å². The number of esters is 1. The minimum Gasteiger partial charge on any atom is -0.462 e. The molecule has 1 aromatic rings. The van der Waals surface area contributed by atoms with E-state index >= 15 is 0 Å². The summed E-state index contributed by atoms with van der Waals surface area (Å²) in [6, 6.07) is 1.12. The maximum atomic E-state index is 11.2. The van der Waals surface area contributed by atoms with Crippen LogP contribution in [0.4, 0.5) is 5.69 Å². The highest BCUT2D eigenvalue weighted by Gasteiger charge is 2.17. The average molecular weight is 275 g/mol. The fourth-order valence-corrected chi connectivity index (χ4v) is 1.25. The van der Waals surface area contributed by atoms with Crippen LogP contribution in [0.15, 0.2) is 16.9 Å². The predicted octanol–water partition coefficient (Wildman–Crippen LogP) is 1.93. The van der Waals surface area contributed by atoms with E-state index in [1.165, 1.54) is 6.20 Å². The summed E-state index contributed by atoms with van der Waals surface area (Å²) in [5.74, 6) is -0.624. The molecule has 7 heteroatoms. The Bertz CT molecular complexity index is 408. The molecule has 15 heavy (non-hydrogen) atoms. The van der Waals surface area contributed by atoms with Gasteiger partial charge in [-0.05, 0) is 22.9 Å². The largest absolute Gasteiger partial charge is 0.462 e. The van der Waals surface area contributed by atoms with Crippen LogP contribution in [0.5, 0.6) is 0 Å². The van der Waals surface area contributed by atoms with E-state index in [9.17, 15) is 14.9 Å². The molecule has 0 aliphatic carbocycles. The fourth-order valence-electron chi connectivity index (χ4n) is 0.891. The van der Waals surface area contributed by atoms with Crippen LogP contribution in [-0.2, 0) is 4.74 Å². The predicted molar refractivity (Wildman–Crippen MR) is 54.5 cm³/mol. The van der Waals surface area contributed by atoms with Crippen molar-refractivity contribution in [3.63, 3.8) is 0 Å². The number of nitrogens with zero attached hydrogens (tertiary/aromatic N) is 2. The molecule has 0 N–H and O–H groups in total. The van der Waals surface area contributed by atoms with Gasteiger partial charge in [0.1, 0.15) is 0 Å². The number of carbonyl (C=O) groups is 1. The van der Waals surface area contributed by atoms with Crippen LogP contribution in [0, 0.1) is 10.1 Å². The van der Waals surface area contributed by atoms with E-state index in [0.717, 1.165) is 6.07 Å². The summed E-state index contributed by atoms with van der Waals surface area (Å²) >= 11 is 2.91. The zero-order valence-corrected chi connectivity index (χ0v) is 9.35. The third-order valence-electron chi connectivity index (χ3n) is 1.53. The van der Waals surface area contributed by atoms with E-state index in [0.29, 0.717) is 0 Å². The number of hydrogen-bond donors (Lipinski definition) is 0. The summed E-state index contributed by atoms with van der Waals surface area (Å²) in [6.45, 7) is 1.86. The number of nitro groups is 1. The monoisotopic (exact) mass is 274 g/mol. The van der Waals surface area contributed by atoms with Crippen molar-refractivity contribution >= 4 is 27.6 Å². The SMILES string of the molecule is CCOC(=O)c1cnc(Br)c([N+](=O)[O-])c1. The minimum atomic E-state index is -0.625. The fraction of sp³-hybridized carbons (Fsp3) is 0.250. The lowest BCUT2D eigenvalue weighted by molar-refractivity contribution is -0.386. The van der Waals surface area contributed by atoms with E-state index < -0.39 is 10.9 Å². The van der Waals surface area contributed by atoms with Gasteiger partial charge in [0, 0.05) is 12.3 Å². The Labute approximate surface area is 93.5 Å². The Morgan fingerprint density at radius 2 is 2.40 bits per heavy atom. The second-order valence-electron chi connectivity index (χ2n) is 2.51. The summed E-state index contributed by atoms with van der Waals surface area (Å²) in [7, 11) is 0. The van der Waals surface area contributed by atoms with Gasteiger partial charge < -0.3 is 4.74 Å². The molecule has 0 saturated carbocycles. The lowest BCUT2D eigenvalue weighted by Crippen LogP contribution is -2.06. The number of ether oxygens (including phenoxy) is 1. The maximum absolute atomic E-state index is 11.2. The van der Waals surface area contributed by atoms with E-state index in [-0.39, 0.29) is 22.5 Å². The molecular formula is C8H7BrN2O4. The molecule has 0 spiro atoms. The molecule has 0 amide bonds. The molecule has 0 bridgehead atoms. The normalized spacial score (nSPS) is 9.73. The molecular weight excluding hydrogens is 268 g/mol. The first-order valence-corrected chi connectivity index (χ1v) is 4.82. The van der Waals surface area contributed by atoms with Crippen LogP contribution in [0.25, 0.3) is 0 Å². The third kappa shape index (κ3) is 2.72. The van der Waals surface area contributed by atoms with Gasteiger partial charge in [0.25, 0.3) is 0 Å². The van der Waals surface area contributed by atoms with E-state index in [2.05, 4.69) is 25.7 Å². The van der Waals surface area contributed by atoms with Crippen molar-refractivity contribution in [2.75, 3.05) is 6.61 Å². The second-order valence-corrected chi connectivity index (χ2v) is 3.26. The van der Waals surface area contributed by atoms with E-state index in [1.54, 1.807) is 6.92 Å². The molecule has 1 rings (SSSR count). The Morgan fingerprint density at radius 3 is 2.93 bits per heavy atom. The molecule has 0 aliphatic rings. The molecule has 0 unspecified atom stereocenters. The molecule has 0 aliphatic heterocycles. The highest BCUT2D eigenvalue weighted by Crippen LogP contribution is 2.23. The molecule has 1 aromatic heterocycles. The van der Waals surface area contributed by atoms with Gasteiger partial charge in [-0.1, -0.05) is 0 Å². The first-order valence-electron chi connectivity index (χ1n) is 4.03. The molecule has 0 radical (unpaired) electrons. The molecule has 0 aromatic carbocycles. The zero-order chi connectivity index (χ0) is 11.4. The van der Waals surface area contributed by atoms with Gasteiger partial charge in [0.15, 0.2) is 4.60 Å². The van der Waals surface area contributed by atoms with Crippen molar-refractivity contribution < 1.29 is 14.5 Å². The minimum absolute atomic E-state index is 0.0618. The van der Waals surface area contributed by atoms with Crippen molar-refractivity contribution in [1.29, 1.82) is 0 Å². The maximum Gasteiger partial charge on any atom is 0.339 e. The summed E-state index contributed by atoms with van der Waals surface area (Å²) in [6.07, 6.45) is 1.22. The van der Waals surface area contributed by atoms with Gasteiger partial charge >= 0.3 is 11.7 Å². The van der Waals surface area contributed by atoms with Gasteiger partial charge in [-0.25, -0.2) is 9.78 Å². The Morgan fingerprint density at radius 1 is 1.73 bits per heavy atom. The van der Waals surface area contributed by atoms with E-state index in [4.69, 9.17) is 0 Å². The topological polar surface area (TPSA) is 82.3 Å². The van der Waals surface area contributed by atoms with Crippen molar-refractivity contribution in [3.8, 4) is 0 Å². The quantitative estimate of drug-likeness (QED) is 0.364. The van der Waals surface area contributed by atoms with Crippen LogP contribution >= 0.6 is 15.9 Å². The lowest BCUT2D eigenvalue weighted by Gasteiger charge is -2.01. The smallest absolute Gasteiger partial charge is 0.339 e. The molecule has 0 saturated heterocycles. The number of halogens is 1. The Hall–Kier alpha value is -1.50. The average Bonchev–Trinajstić information content (AvgIpc) is 2.18. The molecule has 6 nitrogen and oxygen atoms in total. The highest BCUT2D eigenvalue weighted by molar-refractivity contribution is 9.10. The standard InChI is InChI=1S/C8H7BrN2O4/c1-2-15-8(12)5-3-6(11(13)14)7(9)10-4-5/h3-4H,2H2,1H3. The first kappa shape index (κ1) is 11.6. The van der Waals surface area contributed by atoms with Gasteiger partial charge in [-0.15, -0.1) is 0 Å². The Balaban J connectivity index is 3.07. The van der Waals surface area contributed by atoms with Crippen LogP contribution in [0.2, 0.25) is 0 Å². The van der Waals surface area contributed by atoms with Crippen molar-refractivity contribution in [2.24, 2.45) is 0 Å². The lowest BCUT2D eigenvalue weighted by atomic mass is 10.3. The number of hydrogen-bond acceptors (Lipinski definition) is 5. The van der Waals surface area contributed by atoms with Crippen LogP contribution in [0.3, 0.4) is 0 Å². The molecule has 80 valence electrons. The van der Waals surface area contributed by atoms with Gasteiger partial charge in [0.05, 0.1) is 17.1 Å². The second kappa shape index (κ2) is 4.83. The Kier molecular flexibility index (Phi) is 3.73. The first-order chi connectivity index (χ1) is 7.06. The third-order valence-corrected chi connectivity index (χ3v) is 2.14. The molecule has 1 heterocycles. The van der Waals surface area contributed by atoms with Gasteiger partial charge in [0.2, 0.25) is 0 Å². The summed E-state index contributed by atoms with van der Waals surface area (Å²) in [4.78, 5) is 24.8. The molecule has 0 atom stereocenters. The van der Waals surface area contributed by atoms with Crippen LogP contribution in [0.1, 0.15) is 17.3 Å². The van der Waals surface area contributed by atoms with Gasteiger partial charge in [-0.3, -0.25) is 10.1 Å². The molecule has 0 fully saturated rings. The number of aromatic nitrogens is 1. The number of rotatable bonds is 3. The zero-order valence-electron chi connectivity index (χ0n) is 7.77. The highest BCUT2D eigenvalue weighted by atomic mass is 79.9. The van der Waals surface area contributed by atoms with Crippen molar-refractivity contribution in [1.82, 2.24) is 4.98 Å². The van der Waals surface area contributed by atoms with E-state index in [1.807, 2.05) is 0 Å². The van der Waals surface area contributed by atoms with Gasteiger partial charge in [-0.2, -0.15) is 0 Å². The van der Waals surface area contributed by atoms with Crippen molar-refractivity contribution in [3.05, 3.63) is 32.5 Å². The van der Waals surface area contributed by atoms with Crippen molar-refractivity contribution in [2.45, 2.75) is 6.92 Å². The summed E-state index contributed by atoms with van der Waals surface area (Å²) < 4.78 is 4.77. The summed E-state index contributed by atoms with van der Waals surface area (Å²) in [5, 5.41) is 10.5. The van der Waals surface area contributed by atoms with Crippen LogP contribution in [-0.4, -0.2) is 22.5 Å². The summed E-state index contributed by atoms with van der Waals surface area (Å²) in [5.41, 5.74) is -0.202.